The number of carbonyl (C=O) groups is 1. The highest BCUT2D eigenvalue weighted by atomic mass is 16.2. The minimum Gasteiger partial charge on any atom is -0.396 e. The molecule has 0 radical (unpaired) electrons. The van der Waals surface area contributed by atoms with Crippen molar-refractivity contribution < 1.29 is 9.90 Å². The zero-order chi connectivity index (χ0) is 13.2. The SMILES string of the molecule is CCC(=O)Nc1ccc(NCCCCCO)nc1. The van der Waals surface area contributed by atoms with Crippen LogP contribution in [0.2, 0.25) is 0 Å². The molecule has 0 aliphatic carbocycles. The fraction of sp³-hybridized carbons (Fsp3) is 0.538. The lowest BCUT2D eigenvalue weighted by Crippen LogP contribution is -2.10. The van der Waals surface area contributed by atoms with Gasteiger partial charge in [0.15, 0.2) is 0 Å². The quantitative estimate of drug-likeness (QED) is 0.618. The van der Waals surface area contributed by atoms with Gasteiger partial charge < -0.3 is 15.7 Å². The summed E-state index contributed by atoms with van der Waals surface area (Å²) in [5.41, 5.74) is 0.715. The second-order valence-corrected chi connectivity index (χ2v) is 4.04. The minimum atomic E-state index is -0.0125. The summed E-state index contributed by atoms with van der Waals surface area (Å²) in [6.07, 6.45) is 4.97. The zero-order valence-electron chi connectivity index (χ0n) is 10.8. The number of pyridine rings is 1. The van der Waals surface area contributed by atoms with Gasteiger partial charge in [-0.2, -0.15) is 0 Å². The van der Waals surface area contributed by atoms with Crippen LogP contribution in [0.1, 0.15) is 32.6 Å². The molecule has 3 N–H and O–H groups in total. The predicted octanol–water partition coefficient (Wildman–Crippen LogP) is 2.00. The number of aliphatic hydroxyl groups excluding tert-OH is 1. The van der Waals surface area contributed by atoms with Crippen molar-refractivity contribution in [3.8, 4) is 0 Å². The maximum atomic E-state index is 11.2. The van der Waals surface area contributed by atoms with E-state index in [1.165, 1.54) is 0 Å². The largest absolute Gasteiger partial charge is 0.396 e. The van der Waals surface area contributed by atoms with E-state index < -0.39 is 0 Å². The number of nitrogens with zero attached hydrogens (tertiary/aromatic N) is 1. The van der Waals surface area contributed by atoms with Crippen molar-refractivity contribution in [3.05, 3.63) is 18.3 Å². The highest BCUT2D eigenvalue weighted by Gasteiger charge is 1.99. The van der Waals surface area contributed by atoms with Gasteiger partial charge in [-0.1, -0.05) is 6.92 Å². The van der Waals surface area contributed by atoms with Crippen LogP contribution in [0, 0.1) is 0 Å². The van der Waals surface area contributed by atoms with Crippen LogP contribution in [0.5, 0.6) is 0 Å². The van der Waals surface area contributed by atoms with E-state index in [-0.39, 0.29) is 12.5 Å². The molecule has 1 aromatic rings. The number of carbonyl (C=O) groups excluding carboxylic acids is 1. The predicted molar refractivity (Wildman–Crippen MR) is 72.6 cm³/mol. The summed E-state index contributed by atoms with van der Waals surface area (Å²) in [4.78, 5) is 15.4. The summed E-state index contributed by atoms with van der Waals surface area (Å²) in [5.74, 6) is 0.787. The Kier molecular flexibility index (Phi) is 6.79. The lowest BCUT2D eigenvalue weighted by Gasteiger charge is -2.07. The number of aromatic nitrogens is 1. The van der Waals surface area contributed by atoms with E-state index in [4.69, 9.17) is 5.11 Å². The number of hydrogen-bond acceptors (Lipinski definition) is 4. The Morgan fingerprint density at radius 3 is 2.78 bits per heavy atom. The van der Waals surface area contributed by atoms with E-state index in [0.717, 1.165) is 31.6 Å². The van der Waals surface area contributed by atoms with Crippen molar-refractivity contribution in [2.75, 3.05) is 23.8 Å². The van der Waals surface area contributed by atoms with Crippen LogP contribution in [0.4, 0.5) is 11.5 Å². The Hall–Kier alpha value is -1.62. The smallest absolute Gasteiger partial charge is 0.224 e. The van der Waals surface area contributed by atoms with Gasteiger partial charge in [-0.25, -0.2) is 4.98 Å². The molecule has 0 unspecified atom stereocenters. The lowest BCUT2D eigenvalue weighted by atomic mass is 10.2. The Bertz CT molecular complexity index is 352. The van der Waals surface area contributed by atoms with Gasteiger partial charge >= 0.3 is 0 Å². The third-order valence-electron chi connectivity index (χ3n) is 2.51. The standard InChI is InChI=1S/C13H21N3O2/c1-2-13(18)16-11-6-7-12(15-10-11)14-8-4-3-5-9-17/h6-7,10,17H,2-5,8-9H2,1H3,(H,14,15)(H,16,18). The zero-order valence-corrected chi connectivity index (χ0v) is 10.8. The van der Waals surface area contributed by atoms with Crippen molar-refractivity contribution >= 4 is 17.4 Å². The van der Waals surface area contributed by atoms with E-state index in [1.807, 2.05) is 19.1 Å². The summed E-state index contributed by atoms with van der Waals surface area (Å²) in [7, 11) is 0. The van der Waals surface area contributed by atoms with Gasteiger partial charge in [0.1, 0.15) is 5.82 Å². The molecule has 0 saturated heterocycles. The molecular weight excluding hydrogens is 230 g/mol. The molecule has 1 rings (SSSR count). The van der Waals surface area contributed by atoms with Gasteiger partial charge in [0.2, 0.25) is 5.91 Å². The Labute approximate surface area is 108 Å². The van der Waals surface area contributed by atoms with Gasteiger partial charge in [0, 0.05) is 19.6 Å². The van der Waals surface area contributed by atoms with E-state index in [1.54, 1.807) is 6.20 Å². The van der Waals surface area contributed by atoms with Crippen molar-refractivity contribution in [2.45, 2.75) is 32.6 Å². The number of rotatable bonds is 8. The number of amides is 1. The normalized spacial score (nSPS) is 10.1. The molecule has 1 heterocycles. The topological polar surface area (TPSA) is 74.2 Å². The first kappa shape index (κ1) is 14.4. The van der Waals surface area contributed by atoms with Crippen LogP contribution < -0.4 is 10.6 Å². The lowest BCUT2D eigenvalue weighted by molar-refractivity contribution is -0.115. The van der Waals surface area contributed by atoms with E-state index in [0.29, 0.717) is 12.1 Å². The molecule has 5 heteroatoms. The molecule has 0 aromatic carbocycles. The first-order valence-electron chi connectivity index (χ1n) is 6.37. The first-order chi connectivity index (χ1) is 8.76. The van der Waals surface area contributed by atoms with E-state index in [9.17, 15) is 4.79 Å². The van der Waals surface area contributed by atoms with Crippen LogP contribution in [0.25, 0.3) is 0 Å². The molecule has 0 aliphatic rings. The van der Waals surface area contributed by atoms with Gasteiger partial charge in [0.05, 0.1) is 11.9 Å². The summed E-state index contributed by atoms with van der Waals surface area (Å²) >= 11 is 0. The van der Waals surface area contributed by atoms with E-state index in [2.05, 4.69) is 15.6 Å². The average molecular weight is 251 g/mol. The van der Waals surface area contributed by atoms with E-state index >= 15 is 0 Å². The molecule has 1 aromatic heterocycles. The molecule has 5 nitrogen and oxygen atoms in total. The Morgan fingerprint density at radius 2 is 2.17 bits per heavy atom. The molecule has 0 atom stereocenters. The number of nitrogens with one attached hydrogen (secondary N) is 2. The molecule has 18 heavy (non-hydrogen) atoms. The first-order valence-corrected chi connectivity index (χ1v) is 6.37. The maximum Gasteiger partial charge on any atom is 0.224 e. The van der Waals surface area contributed by atoms with Crippen molar-refractivity contribution in [1.82, 2.24) is 4.98 Å². The monoisotopic (exact) mass is 251 g/mol. The van der Waals surface area contributed by atoms with Crippen molar-refractivity contribution in [2.24, 2.45) is 0 Å². The molecule has 0 bridgehead atoms. The Balaban J connectivity index is 2.29. The van der Waals surface area contributed by atoms with Crippen molar-refractivity contribution in [1.29, 1.82) is 0 Å². The van der Waals surface area contributed by atoms with Crippen LogP contribution in [0.3, 0.4) is 0 Å². The van der Waals surface area contributed by atoms with Crippen LogP contribution in [-0.2, 0) is 4.79 Å². The van der Waals surface area contributed by atoms with Crippen molar-refractivity contribution in [3.63, 3.8) is 0 Å². The molecule has 0 saturated carbocycles. The van der Waals surface area contributed by atoms with Crippen LogP contribution in [-0.4, -0.2) is 29.1 Å². The van der Waals surface area contributed by atoms with Crippen LogP contribution >= 0.6 is 0 Å². The molecule has 100 valence electrons. The highest BCUT2D eigenvalue weighted by Crippen LogP contribution is 2.10. The summed E-state index contributed by atoms with van der Waals surface area (Å²) in [5, 5.41) is 14.6. The highest BCUT2D eigenvalue weighted by molar-refractivity contribution is 5.90. The molecule has 0 fully saturated rings. The van der Waals surface area contributed by atoms with Gasteiger partial charge in [0.25, 0.3) is 0 Å². The summed E-state index contributed by atoms with van der Waals surface area (Å²) in [6.45, 7) is 2.91. The van der Waals surface area contributed by atoms with Gasteiger partial charge in [-0.15, -0.1) is 0 Å². The van der Waals surface area contributed by atoms with Gasteiger partial charge in [-0.3, -0.25) is 4.79 Å². The second kappa shape index (κ2) is 8.47. The molecular formula is C13H21N3O2. The number of unbranched alkanes of at least 4 members (excludes halogenated alkanes) is 2. The third-order valence-corrected chi connectivity index (χ3v) is 2.51. The summed E-state index contributed by atoms with van der Waals surface area (Å²) in [6, 6.07) is 3.67. The number of hydrogen-bond donors (Lipinski definition) is 3. The second-order valence-electron chi connectivity index (χ2n) is 4.04. The van der Waals surface area contributed by atoms with Gasteiger partial charge in [-0.05, 0) is 31.4 Å². The Morgan fingerprint density at radius 1 is 1.33 bits per heavy atom. The summed E-state index contributed by atoms with van der Waals surface area (Å²) < 4.78 is 0. The third kappa shape index (κ3) is 5.63. The fourth-order valence-electron chi connectivity index (χ4n) is 1.45. The number of anilines is 2. The maximum absolute atomic E-state index is 11.2. The molecule has 1 amide bonds. The number of aliphatic hydroxyl groups is 1. The molecule has 0 aliphatic heterocycles. The molecule has 0 spiro atoms. The van der Waals surface area contributed by atoms with Crippen LogP contribution in [0.15, 0.2) is 18.3 Å². The average Bonchev–Trinajstić information content (AvgIpc) is 2.40. The fourth-order valence-corrected chi connectivity index (χ4v) is 1.45. The minimum absolute atomic E-state index is 0.0125.